The van der Waals surface area contributed by atoms with Gasteiger partial charge < -0.3 is 24.8 Å². The molecule has 130 valence electrons. The number of nitrogens with one attached hydrogen (secondary N) is 1. The zero-order valence-electron chi connectivity index (χ0n) is 14.5. The van der Waals surface area contributed by atoms with Gasteiger partial charge in [0.15, 0.2) is 0 Å². The van der Waals surface area contributed by atoms with Gasteiger partial charge in [0, 0.05) is 13.1 Å². The summed E-state index contributed by atoms with van der Waals surface area (Å²) in [6.07, 6.45) is -0.642. The second kappa shape index (κ2) is 9.63. The van der Waals surface area contributed by atoms with Gasteiger partial charge in [-0.15, -0.1) is 0 Å². The van der Waals surface area contributed by atoms with Gasteiger partial charge in [-0.3, -0.25) is 4.79 Å². The average molecular weight is 318 g/mol. The Bertz CT molecular complexity index is 352. The van der Waals surface area contributed by atoms with E-state index in [0.717, 1.165) is 0 Å². The molecule has 0 aliphatic rings. The van der Waals surface area contributed by atoms with Crippen LogP contribution in [0, 0.1) is 0 Å². The maximum Gasteiger partial charge on any atom is 0.408 e. The summed E-state index contributed by atoms with van der Waals surface area (Å²) in [6.45, 7) is 11.6. The molecule has 7 heteroatoms. The van der Waals surface area contributed by atoms with E-state index in [-0.39, 0.29) is 12.0 Å². The van der Waals surface area contributed by atoms with Crippen LogP contribution in [0.15, 0.2) is 0 Å². The minimum absolute atomic E-state index is 0.0855. The van der Waals surface area contributed by atoms with Crippen LogP contribution < -0.4 is 5.32 Å². The molecule has 0 unspecified atom stereocenters. The molecule has 0 fully saturated rings. The summed E-state index contributed by atoms with van der Waals surface area (Å²) < 4.78 is 10.5. The van der Waals surface area contributed by atoms with E-state index in [2.05, 4.69) is 5.32 Å². The highest BCUT2D eigenvalue weighted by atomic mass is 16.6. The van der Waals surface area contributed by atoms with Crippen molar-refractivity contribution in [2.24, 2.45) is 0 Å². The van der Waals surface area contributed by atoms with Crippen LogP contribution in [0.1, 0.15) is 41.5 Å². The number of nitrogens with zero attached hydrogens (tertiary/aromatic N) is 1. The Balaban J connectivity index is 4.56. The van der Waals surface area contributed by atoms with E-state index in [1.165, 1.54) is 4.90 Å². The van der Waals surface area contributed by atoms with Crippen molar-refractivity contribution >= 4 is 12.0 Å². The number of amides is 2. The molecule has 0 heterocycles. The molecule has 0 bridgehead atoms. The summed E-state index contributed by atoms with van der Waals surface area (Å²) >= 11 is 0. The lowest BCUT2D eigenvalue weighted by molar-refractivity contribution is -0.135. The number of ether oxygens (including phenoxy) is 2. The van der Waals surface area contributed by atoms with Gasteiger partial charge in [0.05, 0.1) is 19.3 Å². The summed E-state index contributed by atoms with van der Waals surface area (Å²) in [5.41, 5.74) is -0.664. The Morgan fingerprint density at radius 1 is 1.27 bits per heavy atom. The Kier molecular flexibility index (Phi) is 9.04. The second-order valence-corrected chi connectivity index (χ2v) is 6.22. The lowest BCUT2D eigenvalue weighted by Crippen LogP contribution is -2.52. The highest BCUT2D eigenvalue weighted by Gasteiger charge is 2.26. The van der Waals surface area contributed by atoms with E-state index in [9.17, 15) is 14.7 Å². The first-order valence-corrected chi connectivity index (χ1v) is 7.61. The standard InChI is InChI=1S/C15H30N2O5/c1-7-17(8-9-21-11(2)3)13(19)12(10-18)16-14(20)22-15(4,5)6/h11-12,18H,7-10H2,1-6H3,(H,16,20)/t12-/m0/s1. The zero-order chi connectivity index (χ0) is 17.3. The molecule has 0 aromatic heterocycles. The van der Waals surface area contributed by atoms with Gasteiger partial charge in [-0.2, -0.15) is 0 Å². The van der Waals surface area contributed by atoms with Gasteiger partial charge in [-0.25, -0.2) is 4.79 Å². The van der Waals surface area contributed by atoms with Gasteiger partial charge in [-0.1, -0.05) is 0 Å². The number of carbonyl (C=O) groups is 2. The van der Waals surface area contributed by atoms with E-state index >= 15 is 0 Å². The quantitative estimate of drug-likeness (QED) is 0.701. The molecule has 1 atom stereocenters. The SMILES string of the molecule is CCN(CCOC(C)C)C(=O)[C@H](CO)NC(=O)OC(C)(C)C. The number of carbonyl (C=O) groups excluding carboxylic acids is 2. The normalized spacial score (nSPS) is 12.9. The molecule has 0 aromatic carbocycles. The summed E-state index contributed by atoms with van der Waals surface area (Å²) in [5.74, 6) is -0.358. The predicted molar refractivity (Wildman–Crippen MR) is 83.6 cm³/mol. The van der Waals surface area contributed by atoms with Crippen LogP contribution in [0.5, 0.6) is 0 Å². The van der Waals surface area contributed by atoms with Crippen molar-refractivity contribution < 1.29 is 24.2 Å². The number of rotatable bonds is 8. The fraction of sp³-hybridized carbons (Fsp3) is 0.867. The van der Waals surface area contributed by atoms with Gasteiger partial charge in [-0.05, 0) is 41.5 Å². The predicted octanol–water partition coefficient (Wildman–Crippen LogP) is 1.15. The summed E-state index contributed by atoms with van der Waals surface area (Å²) in [7, 11) is 0. The number of likely N-dealkylation sites (N-methyl/N-ethyl adjacent to an activating group) is 1. The molecule has 0 saturated carbocycles. The van der Waals surface area contributed by atoms with Crippen molar-refractivity contribution in [3.63, 3.8) is 0 Å². The van der Waals surface area contributed by atoms with Crippen molar-refractivity contribution in [3.05, 3.63) is 0 Å². The zero-order valence-corrected chi connectivity index (χ0v) is 14.5. The minimum atomic E-state index is -1.02. The Labute approximate surface area is 133 Å². The topological polar surface area (TPSA) is 88.1 Å². The molecule has 0 aliphatic heterocycles. The molecule has 0 aliphatic carbocycles. The van der Waals surface area contributed by atoms with Crippen LogP contribution in [-0.4, -0.2) is 66.1 Å². The molecule has 22 heavy (non-hydrogen) atoms. The molecular formula is C15H30N2O5. The number of aliphatic hydroxyl groups is 1. The molecule has 2 N–H and O–H groups in total. The van der Waals surface area contributed by atoms with Crippen molar-refractivity contribution in [1.82, 2.24) is 10.2 Å². The lowest BCUT2D eigenvalue weighted by atomic mass is 10.2. The third kappa shape index (κ3) is 8.84. The molecule has 0 spiro atoms. The van der Waals surface area contributed by atoms with Crippen LogP contribution in [0.3, 0.4) is 0 Å². The summed E-state index contributed by atoms with van der Waals surface area (Å²) in [4.78, 5) is 25.6. The highest BCUT2D eigenvalue weighted by molar-refractivity contribution is 5.85. The lowest BCUT2D eigenvalue weighted by Gasteiger charge is -2.27. The van der Waals surface area contributed by atoms with Crippen molar-refractivity contribution in [3.8, 4) is 0 Å². The maximum atomic E-state index is 12.3. The van der Waals surface area contributed by atoms with Crippen molar-refractivity contribution in [2.45, 2.75) is 59.3 Å². The van der Waals surface area contributed by atoms with Crippen LogP contribution in [0.25, 0.3) is 0 Å². The molecule has 0 rings (SSSR count). The number of aliphatic hydroxyl groups excluding tert-OH is 1. The smallest absolute Gasteiger partial charge is 0.408 e. The number of hydrogen-bond acceptors (Lipinski definition) is 5. The van der Waals surface area contributed by atoms with Crippen LogP contribution in [0.2, 0.25) is 0 Å². The Morgan fingerprint density at radius 2 is 1.86 bits per heavy atom. The Hall–Kier alpha value is -1.34. The van der Waals surface area contributed by atoms with Crippen LogP contribution >= 0.6 is 0 Å². The molecule has 0 saturated heterocycles. The monoisotopic (exact) mass is 318 g/mol. The van der Waals surface area contributed by atoms with E-state index in [0.29, 0.717) is 19.7 Å². The van der Waals surface area contributed by atoms with E-state index < -0.39 is 24.3 Å². The third-order valence-electron chi connectivity index (χ3n) is 2.68. The first-order chi connectivity index (χ1) is 10.1. The molecule has 0 aromatic rings. The average Bonchev–Trinajstić information content (AvgIpc) is 2.38. The fourth-order valence-electron chi connectivity index (χ4n) is 1.68. The van der Waals surface area contributed by atoms with E-state index in [1.807, 2.05) is 20.8 Å². The number of hydrogen-bond donors (Lipinski definition) is 2. The summed E-state index contributed by atoms with van der Waals surface area (Å²) in [6, 6.07) is -1.02. The highest BCUT2D eigenvalue weighted by Crippen LogP contribution is 2.07. The van der Waals surface area contributed by atoms with Gasteiger partial charge >= 0.3 is 6.09 Å². The van der Waals surface area contributed by atoms with Crippen LogP contribution in [-0.2, 0) is 14.3 Å². The van der Waals surface area contributed by atoms with Crippen molar-refractivity contribution in [1.29, 1.82) is 0 Å². The first-order valence-electron chi connectivity index (χ1n) is 7.61. The molecular weight excluding hydrogens is 288 g/mol. The van der Waals surface area contributed by atoms with Gasteiger partial charge in [0.2, 0.25) is 5.91 Å². The first kappa shape index (κ1) is 20.7. The molecule has 0 radical (unpaired) electrons. The number of alkyl carbamates (subject to hydrolysis) is 1. The minimum Gasteiger partial charge on any atom is -0.444 e. The van der Waals surface area contributed by atoms with Crippen molar-refractivity contribution in [2.75, 3.05) is 26.3 Å². The van der Waals surface area contributed by atoms with E-state index in [1.54, 1.807) is 20.8 Å². The van der Waals surface area contributed by atoms with Gasteiger partial charge in [0.25, 0.3) is 0 Å². The molecule has 2 amide bonds. The third-order valence-corrected chi connectivity index (χ3v) is 2.68. The van der Waals surface area contributed by atoms with Crippen LogP contribution in [0.4, 0.5) is 4.79 Å². The Morgan fingerprint density at radius 3 is 2.27 bits per heavy atom. The largest absolute Gasteiger partial charge is 0.444 e. The fourth-order valence-corrected chi connectivity index (χ4v) is 1.68. The van der Waals surface area contributed by atoms with E-state index in [4.69, 9.17) is 9.47 Å². The summed E-state index contributed by atoms with van der Waals surface area (Å²) in [5, 5.41) is 11.7. The molecule has 7 nitrogen and oxygen atoms in total. The second-order valence-electron chi connectivity index (χ2n) is 6.22. The van der Waals surface area contributed by atoms with Gasteiger partial charge in [0.1, 0.15) is 11.6 Å². The maximum absolute atomic E-state index is 12.3.